The Hall–Kier alpha value is -1.05. The Bertz CT molecular complexity index is 254. The Morgan fingerprint density at radius 3 is 3.06 bits per heavy atom. The van der Waals surface area contributed by atoms with E-state index >= 15 is 0 Å². The first kappa shape index (κ1) is 13.0. The first-order valence-electron chi connectivity index (χ1n) is 5.81. The number of hydrogen-bond acceptors (Lipinski definition) is 3. The van der Waals surface area contributed by atoms with E-state index in [9.17, 15) is 4.79 Å². The van der Waals surface area contributed by atoms with Crippen LogP contribution in [0.1, 0.15) is 19.8 Å². The van der Waals surface area contributed by atoms with Gasteiger partial charge in [0.25, 0.3) is 0 Å². The van der Waals surface area contributed by atoms with Crippen LogP contribution >= 0.6 is 0 Å². The third-order valence-corrected chi connectivity index (χ3v) is 2.54. The molecule has 1 amide bonds. The molecule has 1 unspecified atom stereocenters. The minimum absolute atomic E-state index is 0.00150. The van der Waals surface area contributed by atoms with Crippen molar-refractivity contribution in [1.29, 1.82) is 0 Å². The summed E-state index contributed by atoms with van der Waals surface area (Å²) in [7, 11) is 0. The maximum Gasteiger partial charge on any atom is 0.226 e. The topological polar surface area (TPSA) is 41.6 Å². The van der Waals surface area contributed by atoms with Crippen molar-refractivity contribution in [2.45, 2.75) is 25.9 Å². The summed E-state index contributed by atoms with van der Waals surface area (Å²) < 4.78 is 5.49. The van der Waals surface area contributed by atoms with Gasteiger partial charge in [0.05, 0.1) is 25.7 Å². The van der Waals surface area contributed by atoms with Gasteiger partial charge in [-0.05, 0) is 6.42 Å². The number of nitrogens with one attached hydrogen (secondary N) is 1. The molecule has 0 bridgehead atoms. The Kier molecular flexibility index (Phi) is 5.91. The summed E-state index contributed by atoms with van der Waals surface area (Å²) in [6.07, 6.45) is 6.59. The lowest BCUT2D eigenvalue weighted by Crippen LogP contribution is -2.42. The fourth-order valence-electron chi connectivity index (χ4n) is 1.75. The summed E-state index contributed by atoms with van der Waals surface area (Å²) in [5.74, 6) is 2.61. The summed E-state index contributed by atoms with van der Waals surface area (Å²) in [5.41, 5.74) is 0. The molecule has 0 aromatic rings. The Morgan fingerprint density at radius 1 is 1.69 bits per heavy atom. The normalized spacial score (nSPS) is 20.1. The van der Waals surface area contributed by atoms with E-state index in [1.165, 1.54) is 0 Å². The zero-order chi connectivity index (χ0) is 11.8. The Balaban J connectivity index is 2.38. The molecule has 0 radical (unpaired) electrons. The fraction of sp³-hybridized carbons (Fsp3) is 0.750. The van der Waals surface area contributed by atoms with Crippen molar-refractivity contribution in [3.05, 3.63) is 0 Å². The van der Waals surface area contributed by atoms with Crippen LogP contribution in [0.3, 0.4) is 0 Å². The van der Waals surface area contributed by atoms with Gasteiger partial charge >= 0.3 is 0 Å². The number of carbonyl (C=O) groups is 1. The second-order valence-corrected chi connectivity index (χ2v) is 3.92. The number of rotatable bonds is 5. The molecule has 1 saturated heterocycles. The van der Waals surface area contributed by atoms with Crippen molar-refractivity contribution >= 4 is 5.91 Å². The zero-order valence-corrected chi connectivity index (χ0v) is 9.87. The highest BCUT2D eigenvalue weighted by atomic mass is 16.5. The molecule has 1 N–H and O–H groups in total. The van der Waals surface area contributed by atoms with E-state index in [0.717, 1.165) is 26.1 Å². The van der Waals surface area contributed by atoms with Crippen molar-refractivity contribution in [3.63, 3.8) is 0 Å². The van der Waals surface area contributed by atoms with E-state index in [1.807, 2.05) is 6.92 Å². The molecule has 1 aliphatic rings. The first-order valence-corrected chi connectivity index (χ1v) is 5.81. The highest BCUT2D eigenvalue weighted by Crippen LogP contribution is 2.05. The minimum atomic E-state index is -0.00150. The first-order chi connectivity index (χ1) is 7.77. The van der Waals surface area contributed by atoms with E-state index in [1.54, 1.807) is 4.90 Å². The highest BCUT2D eigenvalue weighted by Gasteiger charge is 2.20. The van der Waals surface area contributed by atoms with Crippen LogP contribution in [0.5, 0.6) is 0 Å². The lowest BCUT2D eigenvalue weighted by molar-refractivity contribution is -0.134. The predicted molar refractivity (Wildman–Crippen MR) is 62.9 cm³/mol. The van der Waals surface area contributed by atoms with Gasteiger partial charge in [-0.1, -0.05) is 12.8 Å². The molecule has 0 saturated carbocycles. The number of amides is 1. The molecule has 1 aliphatic heterocycles. The second kappa shape index (κ2) is 7.26. The summed E-state index contributed by atoms with van der Waals surface area (Å²) in [5, 5.41) is 3.21. The van der Waals surface area contributed by atoms with Crippen molar-refractivity contribution in [3.8, 4) is 12.3 Å². The van der Waals surface area contributed by atoms with Gasteiger partial charge in [-0.3, -0.25) is 4.79 Å². The van der Waals surface area contributed by atoms with Crippen molar-refractivity contribution in [2.24, 2.45) is 0 Å². The Morgan fingerprint density at radius 2 is 2.50 bits per heavy atom. The third kappa shape index (κ3) is 4.21. The summed E-state index contributed by atoms with van der Waals surface area (Å²) in [4.78, 5) is 13.6. The summed E-state index contributed by atoms with van der Waals surface area (Å²) >= 11 is 0. The third-order valence-electron chi connectivity index (χ3n) is 2.54. The largest absolute Gasteiger partial charge is 0.375 e. The predicted octanol–water partition coefficient (Wildman–Crippen LogP) is 0.237. The molecular formula is C12H20N2O2. The lowest BCUT2D eigenvalue weighted by Gasteiger charge is -2.26. The monoisotopic (exact) mass is 224 g/mol. The maximum absolute atomic E-state index is 11.9. The number of carbonyl (C=O) groups excluding carboxylic acids is 1. The van der Waals surface area contributed by atoms with Gasteiger partial charge in [-0.25, -0.2) is 0 Å². The molecule has 1 fully saturated rings. The van der Waals surface area contributed by atoms with Crippen LogP contribution < -0.4 is 5.32 Å². The molecular weight excluding hydrogens is 204 g/mol. The van der Waals surface area contributed by atoms with E-state index in [0.29, 0.717) is 19.6 Å². The van der Waals surface area contributed by atoms with Crippen molar-refractivity contribution in [2.75, 3.05) is 32.8 Å². The molecule has 0 aromatic carbocycles. The average molecular weight is 224 g/mol. The number of morpholine rings is 1. The average Bonchev–Trinajstić information content (AvgIpc) is 2.30. The van der Waals surface area contributed by atoms with Gasteiger partial charge in [0.2, 0.25) is 5.91 Å². The highest BCUT2D eigenvalue weighted by molar-refractivity contribution is 5.77. The quantitative estimate of drug-likeness (QED) is 0.680. The van der Waals surface area contributed by atoms with Crippen molar-refractivity contribution in [1.82, 2.24) is 10.2 Å². The van der Waals surface area contributed by atoms with Crippen LogP contribution in [0.4, 0.5) is 0 Å². The van der Waals surface area contributed by atoms with E-state index in [-0.39, 0.29) is 12.0 Å². The van der Waals surface area contributed by atoms with Gasteiger partial charge in [0, 0.05) is 19.6 Å². The fourth-order valence-corrected chi connectivity index (χ4v) is 1.75. The molecule has 1 heterocycles. The van der Waals surface area contributed by atoms with Gasteiger partial charge < -0.3 is 15.0 Å². The molecule has 1 atom stereocenters. The van der Waals surface area contributed by atoms with Crippen LogP contribution in [0.15, 0.2) is 0 Å². The Labute approximate surface area is 97.3 Å². The van der Waals surface area contributed by atoms with Crippen LogP contribution in [0, 0.1) is 12.3 Å². The zero-order valence-electron chi connectivity index (χ0n) is 9.87. The van der Waals surface area contributed by atoms with Gasteiger partial charge in [0.1, 0.15) is 0 Å². The molecule has 0 aromatic heterocycles. The second-order valence-electron chi connectivity index (χ2n) is 3.92. The molecule has 1 rings (SSSR count). The summed E-state index contributed by atoms with van der Waals surface area (Å²) in [6.45, 7) is 5.46. The lowest BCUT2D eigenvalue weighted by atomic mass is 10.2. The SMILES string of the molecule is C#CCN(CCC)C(=O)CC1CNCCO1. The standard InChI is InChI=1S/C12H20N2O2/c1-3-6-14(7-4-2)12(15)9-11-10-13-5-8-16-11/h1,11,13H,4-10H2,2H3. The number of terminal acetylenes is 1. The van der Waals surface area contributed by atoms with Crippen LogP contribution in [-0.2, 0) is 9.53 Å². The van der Waals surface area contributed by atoms with Gasteiger partial charge in [-0.2, -0.15) is 0 Å². The smallest absolute Gasteiger partial charge is 0.226 e. The summed E-state index contributed by atoms with van der Waals surface area (Å²) in [6, 6.07) is 0. The number of hydrogen-bond donors (Lipinski definition) is 1. The maximum atomic E-state index is 11.9. The molecule has 0 aliphatic carbocycles. The number of nitrogens with zero attached hydrogens (tertiary/aromatic N) is 1. The van der Waals surface area contributed by atoms with Crippen LogP contribution in [0.2, 0.25) is 0 Å². The molecule has 90 valence electrons. The minimum Gasteiger partial charge on any atom is -0.375 e. The van der Waals surface area contributed by atoms with E-state index in [4.69, 9.17) is 11.2 Å². The van der Waals surface area contributed by atoms with Crippen LogP contribution in [-0.4, -0.2) is 49.7 Å². The van der Waals surface area contributed by atoms with Crippen molar-refractivity contribution < 1.29 is 9.53 Å². The molecule has 0 spiro atoms. The van der Waals surface area contributed by atoms with E-state index < -0.39 is 0 Å². The molecule has 4 nitrogen and oxygen atoms in total. The van der Waals surface area contributed by atoms with Gasteiger partial charge in [-0.15, -0.1) is 6.42 Å². The molecule has 16 heavy (non-hydrogen) atoms. The van der Waals surface area contributed by atoms with Crippen LogP contribution in [0.25, 0.3) is 0 Å². The molecule has 4 heteroatoms. The van der Waals surface area contributed by atoms with E-state index in [2.05, 4.69) is 11.2 Å². The number of ether oxygens (including phenoxy) is 1. The van der Waals surface area contributed by atoms with Gasteiger partial charge in [0.15, 0.2) is 0 Å².